The van der Waals surface area contributed by atoms with Crippen LogP contribution in [-0.2, 0) is 4.79 Å². The Balaban J connectivity index is 1.93. The molecule has 0 aromatic heterocycles. The van der Waals surface area contributed by atoms with E-state index in [1.807, 2.05) is 0 Å². The van der Waals surface area contributed by atoms with Gasteiger partial charge in [0.1, 0.15) is 22.9 Å². The topological polar surface area (TPSA) is 76.1 Å². The molecule has 1 aliphatic rings. The number of rotatable bonds is 5. The maximum absolute atomic E-state index is 13.2. The lowest BCUT2D eigenvalue weighted by Gasteiger charge is -2.20. The minimum atomic E-state index is -0.994. The molecular weight excluding hydrogens is 353 g/mol. The fourth-order valence-corrected chi connectivity index (χ4v) is 3.49. The van der Waals surface area contributed by atoms with E-state index < -0.39 is 23.6 Å². The number of aliphatic carboxylic acids is 1. The van der Waals surface area contributed by atoms with Gasteiger partial charge < -0.3 is 19.5 Å². The number of benzene rings is 2. The summed E-state index contributed by atoms with van der Waals surface area (Å²) in [4.78, 5) is 26.3. The SMILES string of the molecule is COc1cccc(OC)c1C(=O)N1C[C@H](C(=O)O)[C@@H](c2ccc(F)cc2)C1. The number of likely N-dealkylation sites (tertiary alicyclic amines) is 1. The first-order chi connectivity index (χ1) is 13.0. The molecule has 7 heteroatoms. The molecule has 0 bridgehead atoms. The minimum absolute atomic E-state index is 0.0530. The predicted molar refractivity (Wildman–Crippen MR) is 95.7 cm³/mol. The van der Waals surface area contributed by atoms with Crippen LogP contribution in [0.25, 0.3) is 0 Å². The van der Waals surface area contributed by atoms with E-state index in [1.165, 1.54) is 31.3 Å². The van der Waals surface area contributed by atoms with Crippen LogP contribution in [0.3, 0.4) is 0 Å². The number of ether oxygens (including phenoxy) is 2. The van der Waals surface area contributed by atoms with Gasteiger partial charge in [0.25, 0.3) is 5.91 Å². The van der Waals surface area contributed by atoms with Crippen LogP contribution in [0.1, 0.15) is 21.8 Å². The second-order valence-corrected chi connectivity index (χ2v) is 6.35. The molecule has 0 aliphatic carbocycles. The minimum Gasteiger partial charge on any atom is -0.496 e. The largest absolute Gasteiger partial charge is 0.496 e. The Labute approximate surface area is 156 Å². The molecule has 2 aromatic rings. The second kappa shape index (κ2) is 7.65. The van der Waals surface area contributed by atoms with Crippen molar-refractivity contribution in [3.05, 3.63) is 59.4 Å². The lowest BCUT2D eigenvalue weighted by atomic mass is 9.89. The molecule has 27 heavy (non-hydrogen) atoms. The third-order valence-electron chi connectivity index (χ3n) is 4.86. The Morgan fingerprint density at radius 3 is 2.15 bits per heavy atom. The molecule has 1 fully saturated rings. The number of carbonyl (C=O) groups is 2. The molecule has 1 saturated heterocycles. The number of carbonyl (C=O) groups excluding carboxylic acids is 1. The lowest BCUT2D eigenvalue weighted by Crippen LogP contribution is -2.30. The zero-order valence-electron chi connectivity index (χ0n) is 15.0. The molecule has 1 amide bonds. The summed E-state index contributed by atoms with van der Waals surface area (Å²) in [6, 6.07) is 10.7. The Hall–Kier alpha value is -3.09. The van der Waals surface area contributed by atoms with Crippen molar-refractivity contribution in [3.8, 4) is 11.5 Å². The molecule has 3 rings (SSSR count). The first-order valence-corrected chi connectivity index (χ1v) is 8.44. The monoisotopic (exact) mass is 373 g/mol. The molecular formula is C20H20FNO5. The first-order valence-electron chi connectivity index (χ1n) is 8.44. The summed E-state index contributed by atoms with van der Waals surface area (Å²) in [5.74, 6) is -2.23. The Kier molecular flexibility index (Phi) is 5.30. The highest BCUT2D eigenvalue weighted by atomic mass is 19.1. The van der Waals surface area contributed by atoms with E-state index in [9.17, 15) is 19.1 Å². The Bertz CT molecular complexity index is 830. The number of halogens is 1. The average Bonchev–Trinajstić information content (AvgIpc) is 3.13. The third-order valence-corrected chi connectivity index (χ3v) is 4.86. The number of carboxylic acids is 1. The molecule has 1 N–H and O–H groups in total. The summed E-state index contributed by atoms with van der Waals surface area (Å²) in [7, 11) is 2.91. The number of hydrogen-bond acceptors (Lipinski definition) is 4. The van der Waals surface area contributed by atoms with Crippen LogP contribution < -0.4 is 9.47 Å². The van der Waals surface area contributed by atoms with Crippen molar-refractivity contribution in [1.82, 2.24) is 4.90 Å². The van der Waals surface area contributed by atoms with Gasteiger partial charge in [0.15, 0.2) is 0 Å². The van der Waals surface area contributed by atoms with Crippen molar-refractivity contribution in [2.75, 3.05) is 27.3 Å². The molecule has 0 saturated carbocycles. The Morgan fingerprint density at radius 1 is 1.04 bits per heavy atom. The molecule has 2 atom stereocenters. The van der Waals surface area contributed by atoms with E-state index in [4.69, 9.17) is 9.47 Å². The van der Waals surface area contributed by atoms with Crippen molar-refractivity contribution in [2.45, 2.75) is 5.92 Å². The predicted octanol–water partition coefficient (Wildman–Crippen LogP) is 2.78. The van der Waals surface area contributed by atoms with Gasteiger partial charge in [-0.2, -0.15) is 0 Å². The molecule has 0 unspecified atom stereocenters. The van der Waals surface area contributed by atoms with Crippen LogP contribution in [0.15, 0.2) is 42.5 Å². The van der Waals surface area contributed by atoms with Gasteiger partial charge in [-0.15, -0.1) is 0 Å². The fraction of sp³-hybridized carbons (Fsp3) is 0.300. The van der Waals surface area contributed by atoms with Crippen molar-refractivity contribution >= 4 is 11.9 Å². The third kappa shape index (κ3) is 3.58. The summed E-state index contributed by atoms with van der Waals surface area (Å²) >= 11 is 0. The summed E-state index contributed by atoms with van der Waals surface area (Å²) in [5.41, 5.74) is 0.942. The van der Waals surface area contributed by atoms with Crippen LogP contribution in [0, 0.1) is 11.7 Å². The zero-order chi connectivity index (χ0) is 19.6. The van der Waals surface area contributed by atoms with Crippen LogP contribution >= 0.6 is 0 Å². The molecule has 6 nitrogen and oxygen atoms in total. The van der Waals surface area contributed by atoms with Crippen LogP contribution in [0.4, 0.5) is 4.39 Å². The van der Waals surface area contributed by atoms with Gasteiger partial charge in [-0.05, 0) is 29.8 Å². The molecule has 1 heterocycles. The van der Waals surface area contributed by atoms with Crippen LogP contribution in [-0.4, -0.2) is 49.2 Å². The van der Waals surface area contributed by atoms with E-state index in [0.717, 1.165) is 0 Å². The lowest BCUT2D eigenvalue weighted by molar-refractivity contribution is -0.141. The number of methoxy groups -OCH3 is 2. The van der Waals surface area contributed by atoms with Crippen LogP contribution in [0.2, 0.25) is 0 Å². The van der Waals surface area contributed by atoms with Gasteiger partial charge >= 0.3 is 5.97 Å². The van der Waals surface area contributed by atoms with Crippen LogP contribution in [0.5, 0.6) is 11.5 Å². The second-order valence-electron chi connectivity index (χ2n) is 6.35. The molecule has 0 spiro atoms. The molecule has 0 radical (unpaired) electrons. The van der Waals surface area contributed by atoms with Gasteiger partial charge in [0, 0.05) is 19.0 Å². The van der Waals surface area contributed by atoms with Crippen molar-refractivity contribution < 1.29 is 28.6 Å². The maximum Gasteiger partial charge on any atom is 0.308 e. The molecule has 2 aromatic carbocycles. The number of amides is 1. The molecule has 1 aliphatic heterocycles. The quantitative estimate of drug-likeness (QED) is 0.872. The number of hydrogen-bond donors (Lipinski definition) is 1. The van der Waals surface area contributed by atoms with Crippen molar-refractivity contribution in [1.29, 1.82) is 0 Å². The summed E-state index contributed by atoms with van der Waals surface area (Å²) in [5, 5.41) is 9.61. The van der Waals surface area contributed by atoms with E-state index >= 15 is 0 Å². The van der Waals surface area contributed by atoms with E-state index in [0.29, 0.717) is 17.1 Å². The normalized spacial score (nSPS) is 19.0. The maximum atomic E-state index is 13.2. The number of nitrogens with zero attached hydrogens (tertiary/aromatic N) is 1. The smallest absolute Gasteiger partial charge is 0.308 e. The van der Waals surface area contributed by atoms with E-state index in [-0.39, 0.29) is 24.6 Å². The molecule has 142 valence electrons. The first kappa shape index (κ1) is 18.7. The Morgan fingerprint density at radius 2 is 1.63 bits per heavy atom. The van der Waals surface area contributed by atoms with Gasteiger partial charge in [-0.1, -0.05) is 18.2 Å². The van der Waals surface area contributed by atoms with E-state index in [2.05, 4.69) is 0 Å². The average molecular weight is 373 g/mol. The summed E-state index contributed by atoms with van der Waals surface area (Å²) < 4.78 is 23.8. The standard InChI is InChI=1S/C20H20FNO5/c1-26-16-4-3-5-17(27-2)18(16)19(23)22-10-14(15(11-22)20(24)25)12-6-8-13(21)9-7-12/h3-9,14-15H,10-11H2,1-2H3,(H,24,25)/t14-,15+/m1/s1. The van der Waals surface area contributed by atoms with E-state index in [1.54, 1.807) is 30.3 Å². The van der Waals surface area contributed by atoms with Crippen molar-refractivity contribution in [2.24, 2.45) is 5.92 Å². The zero-order valence-corrected chi connectivity index (χ0v) is 15.0. The van der Waals surface area contributed by atoms with Gasteiger partial charge in [0.05, 0.1) is 20.1 Å². The van der Waals surface area contributed by atoms with Gasteiger partial charge in [0.2, 0.25) is 0 Å². The van der Waals surface area contributed by atoms with Gasteiger partial charge in [-0.25, -0.2) is 4.39 Å². The van der Waals surface area contributed by atoms with Crippen molar-refractivity contribution in [3.63, 3.8) is 0 Å². The van der Waals surface area contributed by atoms with Gasteiger partial charge in [-0.3, -0.25) is 9.59 Å². The summed E-state index contributed by atoms with van der Waals surface area (Å²) in [6.07, 6.45) is 0. The highest BCUT2D eigenvalue weighted by molar-refractivity contribution is 6.00. The fourth-order valence-electron chi connectivity index (χ4n) is 3.49. The summed E-state index contributed by atoms with van der Waals surface area (Å²) in [6.45, 7) is 0.264. The highest BCUT2D eigenvalue weighted by Gasteiger charge is 2.41. The highest BCUT2D eigenvalue weighted by Crippen LogP contribution is 2.36. The number of carboxylic acid groups (broad SMARTS) is 1.